The molecule has 1 aromatic carbocycles. The summed E-state index contributed by atoms with van der Waals surface area (Å²) in [7, 11) is 0. The Kier molecular flexibility index (Phi) is 10.7. The Morgan fingerprint density at radius 3 is 1.94 bits per heavy atom. The summed E-state index contributed by atoms with van der Waals surface area (Å²) >= 11 is 0. The van der Waals surface area contributed by atoms with Crippen LogP contribution in [0.25, 0.3) is 0 Å². The standard InChI is InChI=1S/C26H38N2O7/c1-15-23(16(2)25(28-19(5)30)17(3)24(15)27-18(4)29)26(33)34-14-13-20(31)11-12-22(32)35-21-9-7-6-8-10-21/h20-21,31H,6-14H2,1-5H3,(H,27,29)(H,28,30). The molecule has 9 nitrogen and oxygen atoms in total. The second kappa shape index (κ2) is 13.2. The van der Waals surface area contributed by atoms with Crippen LogP contribution in [-0.4, -0.2) is 47.7 Å². The molecule has 0 radical (unpaired) electrons. The van der Waals surface area contributed by atoms with Crippen LogP contribution in [0.15, 0.2) is 0 Å². The smallest absolute Gasteiger partial charge is 0.338 e. The number of benzene rings is 1. The van der Waals surface area contributed by atoms with Gasteiger partial charge in [-0.05, 0) is 69.6 Å². The summed E-state index contributed by atoms with van der Waals surface area (Å²) in [5.41, 5.74) is 2.82. The molecule has 194 valence electrons. The zero-order valence-electron chi connectivity index (χ0n) is 21.4. The first-order chi connectivity index (χ1) is 16.5. The predicted molar refractivity (Wildman–Crippen MR) is 132 cm³/mol. The maximum absolute atomic E-state index is 12.9. The van der Waals surface area contributed by atoms with Crippen LogP contribution in [-0.2, 0) is 23.9 Å². The Hall–Kier alpha value is -2.94. The minimum atomic E-state index is -0.813. The van der Waals surface area contributed by atoms with Gasteiger partial charge < -0.3 is 25.2 Å². The van der Waals surface area contributed by atoms with Crippen molar-refractivity contribution in [2.24, 2.45) is 0 Å². The van der Waals surface area contributed by atoms with Crippen molar-refractivity contribution >= 4 is 35.1 Å². The molecule has 35 heavy (non-hydrogen) atoms. The molecule has 2 amide bonds. The van der Waals surface area contributed by atoms with Gasteiger partial charge in [0.05, 0.1) is 18.3 Å². The molecule has 0 aromatic heterocycles. The molecule has 0 saturated heterocycles. The number of aliphatic hydroxyl groups is 1. The van der Waals surface area contributed by atoms with Crippen LogP contribution in [0, 0.1) is 20.8 Å². The van der Waals surface area contributed by atoms with Gasteiger partial charge in [0.2, 0.25) is 11.8 Å². The molecule has 1 aliphatic carbocycles. The van der Waals surface area contributed by atoms with E-state index < -0.39 is 12.1 Å². The van der Waals surface area contributed by atoms with Crippen molar-refractivity contribution in [2.45, 2.75) is 98.2 Å². The van der Waals surface area contributed by atoms with Crippen LogP contribution in [0.1, 0.15) is 92.3 Å². The Balaban J connectivity index is 1.98. The number of esters is 2. The molecule has 1 aromatic rings. The summed E-state index contributed by atoms with van der Waals surface area (Å²) in [6, 6.07) is 0. The number of hydrogen-bond donors (Lipinski definition) is 3. The lowest BCUT2D eigenvalue weighted by Crippen LogP contribution is -2.22. The second-order valence-corrected chi connectivity index (χ2v) is 9.23. The molecular formula is C26H38N2O7. The molecule has 0 aliphatic heterocycles. The van der Waals surface area contributed by atoms with E-state index in [-0.39, 0.29) is 55.3 Å². The van der Waals surface area contributed by atoms with Crippen molar-refractivity contribution in [2.75, 3.05) is 17.2 Å². The first-order valence-electron chi connectivity index (χ1n) is 12.2. The van der Waals surface area contributed by atoms with Crippen molar-refractivity contribution in [1.82, 2.24) is 0 Å². The van der Waals surface area contributed by atoms with E-state index in [2.05, 4.69) is 10.6 Å². The van der Waals surface area contributed by atoms with E-state index in [0.29, 0.717) is 28.1 Å². The maximum atomic E-state index is 12.9. The number of ether oxygens (including phenoxy) is 2. The van der Waals surface area contributed by atoms with Crippen LogP contribution in [0.2, 0.25) is 0 Å². The molecule has 1 saturated carbocycles. The van der Waals surface area contributed by atoms with Gasteiger partial charge in [0.15, 0.2) is 0 Å². The van der Waals surface area contributed by atoms with Gasteiger partial charge in [0.25, 0.3) is 0 Å². The largest absolute Gasteiger partial charge is 0.462 e. The maximum Gasteiger partial charge on any atom is 0.338 e. The van der Waals surface area contributed by atoms with E-state index in [0.717, 1.165) is 25.7 Å². The van der Waals surface area contributed by atoms with E-state index in [4.69, 9.17) is 9.47 Å². The lowest BCUT2D eigenvalue weighted by molar-refractivity contribution is -0.151. The van der Waals surface area contributed by atoms with Gasteiger partial charge in [-0.1, -0.05) is 6.42 Å². The Bertz CT molecular complexity index is 909. The molecular weight excluding hydrogens is 452 g/mol. The van der Waals surface area contributed by atoms with Gasteiger partial charge in [0, 0.05) is 38.1 Å². The molecule has 0 bridgehead atoms. The van der Waals surface area contributed by atoms with Crippen molar-refractivity contribution in [3.05, 3.63) is 22.3 Å². The summed E-state index contributed by atoms with van der Waals surface area (Å²) in [6.07, 6.45) is 4.80. The van der Waals surface area contributed by atoms with E-state index in [1.54, 1.807) is 20.8 Å². The van der Waals surface area contributed by atoms with Crippen LogP contribution < -0.4 is 10.6 Å². The highest BCUT2D eigenvalue weighted by molar-refractivity contribution is 6.03. The van der Waals surface area contributed by atoms with Crippen molar-refractivity contribution in [1.29, 1.82) is 0 Å². The minimum Gasteiger partial charge on any atom is -0.462 e. The number of rotatable bonds is 10. The van der Waals surface area contributed by atoms with Gasteiger partial charge in [-0.2, -0.15) is 0 Å². The molecule has 0 spiro atoms. The summed E-state index contributed by atoms with van der Waals surface area (Å²) in [5.74, 6) is -1.55. The Labute approximate surface area is 206 Å². The fraction of sp³-hybridized carbons (Fsp3) is 0.615. The number of anilines is 2. The molecule has 3 N–H and O–H groups in total. The highest BCUT2D eigenvalue weighted by Gasteiger charge is 2.24. The third-order valence-electron chi connectivity index (χ3n) is 6.27. The van der Waals surface area contributed by atoms with Crippen molar-refractivity contribution < 1.29 is 33.8 Å². The first-order valence-corrected chi connectivity index (χ1v) is 12.2. The van der Waals surface area contributed by atoms with Crippen LogP contribution in [0.4, 0.5) is 11.4 Å². The van der Waals surface area contributed by atoms with Gasteiger partial charge in [0.1, 0.15) is 6.10 Å². The number of nitrogens with one attached hydrogen (secondary N) is 2. The summed E-state index contributed by atoms with van der Waals surface area (Å²) in [6.45, 7) is 7.83. The van der Waals surface area contributed by atoms with Crippen LogP contribution in [0.3, 0.4) is 0 Å². The summed E-state index contributed by atoms with van der Waals surface area (Å²) in [5, 5.41) is 15.7. The molecule has 1 fully saturated rings. The monoisotopic (exact) mass is 490 g/mol. The molecule has 1 atom stereocenters. The average Bonchev–Trinajstić information content (AvgIpc) is 2.78. The predicted octanol–water partition coefficient (Wildman–Crippen LogP) is 4.09. The van der Waals surface area contributed by atoms with Crippen LogP contribution >= 0.6 is 0 Å². The minimum absolute atomic E-state index is 0.0138. The highest BCUT2D eigenvalue weighted by Crippen LogP contribution is 2.35. The highest BCUT2D eigenvalue weighted by atomic mass is 16.5. The Morgan fingerprint density at radius 1 is 0.886 bits per heavy atom. The SMILES string of the molecule is CC(=O)Nc1c(C)c(NC(C)=O)c(C)c(C(=O)OCCC(O)CCC(=O)OC2CCCCC2)c1C. The first kappa shape index (κ1) is 28.3. The third kappa shape index (κ3) is 8.35. The van der Waals surface area contributed by atoms with Gasteiger partial charge in [-0.25, -0.2) is 4.79 Å². The van der Waals surface area contributed by atoms with Gasteiger partial charge in [-0.15, -0.1) is 0 Å². The van der Waals surface area contributed by atoms with Gasteiger partial charge >= 0.3 is 11.9 Å². The Morgan fingerprint density at radius 2 is 1.43 bits per heavy atom. The normalized spacial score (nSPS) is 14.7. The molecule has 1 aliphatic rings. The van der Waals surface area contributed by atoms with Crippen molar-refractivity contribution in [3.8, 4) is 0 Å². The van der Waals surface area contributed by atoms with Gasteiger partial charge in [-0.3, -0.25) is 14.4 Å². The van der Waals surface area contributed by atoms with E-state index in [1.807, 2.05) is 0 Å². The number of aliphatic hydroxyl groups excluding tert-OH is 1. The third-order valence-corrected chi connectivity index (χ3v) is 6.27. The zero-order chi connectivity index (χ0) is 26.1. The zero-order valence-corrected chi connectivity index (χ0v) is 21.4. The average molecular weight is 491 g/mol. The quantitative estimate of drug-likeness (QED) is 0.421. The molecule has 1 unspecified atom stereocenters. The van der Waals surface area contributed by atoms with E-state index >= 15 is 0 Å². The molecule has 2 rings (SSSR count). The molecule has 0 heterocycles. The number of carbonyl (C=O) groups excluding carboxylic acids is 4. The number of amides is 2. The van der Waals surface area contributed by atoms with Crippen molar-refractivity contribution in [3.63, 3.8) is 0 Å². The van der Waals surface area contributed by atoms with E-state index in [9.17, 15) is 24.3 Å². The summed E-state index contributed by atoms with van der Waals surface area (Å²) in [4.78, 5) is 48.4. The fourth-order valence-corrected chi connectivity index (χ4v) is 4.47. The number of carbonyl (C=O) groups is 4. The topological polar surface area (TPSA) is 131 Å². The lowest BCUT2D eigenvalue weighted by Gasteiger charge is -2.22. The lowest BCUT2D eigenvalue weighted by atomic mass is 9.94. The molecule has 9 heteroatoms. The number of hydrogen-bond acceptors (Lipinski definition) is 7. The summed E-state index contributed by atoms with van der Waals surface area (Å²) < 4.78 is 10.9. The second-order valence-electron chi connectivity index (χ2n) is 9.23. The fourth-order valence-electron chi connectivity index (χ4n) is 4.47. The van der Waals surface area contributed by atoms with E-state index in [1.165, 1.54) is 20.3 Å². The van der Waals surface area contributed by atoms with Crippen LogP contribution in [0.5, 0.6) is 0 Å².